The standard InChI is InChI=1S/C8H12N2O/c11-7-6-9-10-8(7)4-2-1-3-5-8/h1-6H2. The van der Waals surface area contributed by atoms with Gasteiger partial charge in [-0.15, -0.1) is 0 Å². The van der Waals surface area contributed by atoms with Crippen LogP contribution in [0.2, 0.25) is 0 Å². The average molecular weight is 152 g/mol. The minimum absolute atomic E-state index is 0.247. The normalized spacial score (nSPS) is 28.2. The van der Waals surface area contributed by atoms with Crippen LogP contribution in [0.5, 0.6) is 0 Å². The minimum Gasteiger partial charge on any atom is -0.295 e. The molecule has 1 heterocycles. The van der Waals surface area contributed by atoms with Gasteiger partial charge >= 0.3 is 0 Å². The highest BCUT2D eigenvalue weighted by Gasteiger charge is 2.42. The number of carbonyl (C=O) groups is 1. The van der Waals surface area contributed by atoms with Crippen molar-refractivity contribution < 1.29 is 4.79 Å². The number of azo groups is 1. The van der Waals surface area contributed by atoms with E-state index < -0.39 is 0 Å². The summed E-state index contributed by atoms with van der Waals surface area (Å²) in [6, 6.07) is 0. The molecule has 1 aliphatic carbocycles. The molecule has 0 radical (unpaired) electrons. The maximum absolute atomic E-state index is 11.4. The van der Waals surface area contributed by atoms with Crippen LogP contribution in [0.1, 0.15) is 32.1 Å². The van der Waals surface area contributed by atoms with Crippen LogP contribution in [0.25, 0.3) is 0 Å². The Morgan fingerprint density at radius 2 is 1.91 bits per heavy atom. The summed E-state index contributed by atoms with van der Waals surface area (Å²) in [5.41, 5.74) is -0.349. The van der Waals surface area contributed by atoms with Crippen molar-refractivity contribution in [1.29, 1.82) is 0 Å². The summed E-state index contributed by atoms with van der Waals surface area (Å²) in [5.74, 6) is 0.247. The first kappa shape index (κ1) is 6.95. The van der Waals surface area contributed by atoms with Crippen LogP contribution < -0.4 is 0 Å². The lowest BCUT2D eigenvalue weighted by Crippen LogP contribution is -2.36. The Hall–Kier alpha value is -0.730. The number of carbonyl (C=O) groups excluding carboxylic acids is 1. The van der Waals surface area contributed by atoms with Crippen LogP contribution in [0, 0.1) is 0 Å². The largest absolute Gasteiger partial charge is 0.295 e. The Kier molecular flexibility index (Phi) is 1.51. The van der Waals surface area contributed by atoms with Crippen molar-refractivity contribution in [3.63, 3.8) is 0 Å². The molecule has 3 heteroatoms. The third-order valence-electron chi connectivity index (χ3n) is 2.68. The van der Waals surface area contributed by atoms with Gasteiger partial charge in [-0.05, 0) is 12.8 Å². The molecule has 0 unspecified atom stereocenters. The predicted octanol–water partition coefficient (Wildman–Crippen LogP) is 1.72. The summed E-state index contributed by atoms with van der Waals surface area (Å²) < 4.78 is 0. The van der Waals surface area contributed by atoms with Crippen LogP contribution >= 0.6 is 0 Å². The Morgan fingerprint density at radius 3 is 2.45 bits per heavy atom. The lowest BCUT2D eigenvalue weighted by atomic mass is 9.80. The van der Waals surface area contributed by atoms with E-state index in [4.69, 9.17) is 0 Å². The van der Waals surface area contributed by atoms with Crippen molar-refractivity contribution in [1.82, 2.24) is 0 Å². The molecule has 0 atom stereocenters. The molecule has 2 aliphatic rings. The smallest absolute Gasteiger partial charge is 0.185 e. The molecule has 11 heavy (non-hydrogen) atoms. The summed E-state index contributed by atoms with van der Waals surface area (Å²) in [6.45, 7) is 0.333. The van der Waals surface area contributed by atoms with E-state index in [1.54, 1.807) is 0 Å². The van der Waals surface area contributed by atoms with Crippen LogP contribution in [0.4, 0.5) is 0 Å². The first-order valence-electron chi connectivity index (χ1n) is 4.25. The zero-order valence-corrected chi connectivity index (χ0v) is 6.55. The molecule has 0 N–H and O–H groups in total. The van der Waals surface area contributed by atoms with E-state index in [0.29, 0.717) is 6.54 Å². The van der Waals surface area contributed by atoms with Gasteiger partial charge in [0.05, 0.1) is 0 Å². The molecule has 1 fully saturated rings. The lowest BCUT2D eigenvalue weighted by molar-refractivity contribution is -0.122. The van der Waals surface area contributed by atoms with E-state index in [1.165, 1.54) is 6.42 Å². The molecule has 0 amide bonds. The molecule has 1 aliphatic heterocycles. The molecule has 0 saturated heterocycles. The minimum atomic E-state index is -0.349. The van der Waals surface area contributed by atoms with Gasteiger partial charge < -0.3 is 0 Å². The van der Waals surface area contributed by atoms with Crippen molar-refractivity contribution >= 4 is 5.78 Å². The third-order valence-corrected chi connectivity index (χ3v) is 2.68. The van der Waals surface area contributed by atoms with Crippen LogP contribution in [-0.2, 0) is 4.79 Å². The number of hydrogen-bond acceptors (Lipinski definition) is 3. The molecule has 0 aromatic heterocycles. The topological polar surface area (TPSA) is 41.8 Å². The molecule has 2 rings (SSSR count). The Labute approximate surface area is 65.9 Å². The number of nitrogens with zero attached hydrogens (tertiary/aromatic N) is 2. The zero-order chi connectivity index (χ0) is 7.73. The number of hydrogen-bond donors (Lipinski definition) is 0. The zero-order valence-electron chi connectivity index (χ0n) is 6.55. The lowest BCUT2D eigenvalue weighted by Gasteiger charge is -2.26. The predicted molar refractivity (Wildman–Crippen MR) is 40.5 cm³/mol. The Morgan fingerprint density at radius 1 is 1.18 bits per heavy atom. The molecular formula is C8H12N2O. The molecule has 3 nitrogen and oxygen atoms in total. The van der Waals surface area contributed by atoms with E-state index in [9.17, 15) is 4.79 Å². The highest BCUT2D eigenvalue weighted by molar-refractivity contribution is 5.91. The number of Topliss-reactive ketones (excluding diaryl/α,β-unsaturated/α-hetero) is 1. The summed E-state index contributed by atoms with van der Waals surface area (Å²) >= 11 is 0. The van der Waals surface area contributed by atoms with Gasteiger partial charge in [0.1, 0.15) is 12.1 Å². The van der Waals surface area contributed by atoms with Gasteiger partial charge in [0, 0.05) is 0 Å². The fourth-order valence-electron chi connectivity index (χ4n) is 1.95. The fourth-order valence-corrected chi connectivity index (χ4v) is 1.95. The van der Waals surface area contributed by atoms with Crippen LogP contribution in [0.15, 0.2) is 10.2 Å². The van der Waals surface area contributed by atoms with E-state index in [-0.39, 0.29) is 11.3 Å². The summed E-state index contributed by atoms with van der Waals surface area (Å²) in [5, 5.41) is 7.90. The highest BCUT2D eigenvalue weighted by atomic mass is 16.1. The second kappa shape index (κ2) is 2.40. The van der Waals surface area contributed by atoms with Gasteiger partial charge in [-0.2, -0.15) is 10.2 Å². The Bertz CT molecular complexity index is 204. The molecule has 0 aromatic carbocycles. The molecular weight excluding hydrogens is 140 g/mol. The number of rotatable bonds is 0. The van der Waals surface area contributed by atoms with E-state index in [2.05, 4.69) is 10.2 Å². The van der Waals surface area contributed by atoms with Crippen molar-refractivity contribution in [3.05, 3.63) is 0 Å². The number of ketones is 1. The molecule has 0 bridgehead atoms. The van der Waals surface area contributed by atoms with Gasteiger partial charge in [-0.3, -0.25) is 4.79 Å². The second-order valence-electron chi connectivity index (χ2n) is 3.41. The first-order chi connectivity index (χ1) is 5.33. The maximum atomic E-state index is 11.4. The monoisotopic (exact) mass is 152 g/mol. The van der Waals surface area contributed by atoms with Crippen molar-refractivity contribution in [2.45, 2.75) is 37.6 Å². The highest BCUT2D eigenvalue weighted by Crippen LogP contribution is 2.35. The first-order valence-corrected chi connectivity index (χ1v) is 4.25. The van der Waals surface area contributed by atoms with Gasteiger partial charge in [0.2, 0.25) is 0 Å². The van der Waals surface area contributed by atoms with Gasteiger partial charge in [0.15, 0.2) is 5.78 Å². The summed E-state index contributed by atoms with van der Waals surface area (Å²) in [7, 11) is 0. The fraction of sp³-hybridized carbons (Fsp3) is 0.875. The molecule has 1 saturated carbocycles. The van der Waals surface area contributed by atoms with Crippen LogP contribution in [-0.4, -0.2) is 17.9 Å². The Balaban J connectivity index is 2.18. The average Bonchev–Trinajstić information content (AvgIpc) is 2.36. The third kappa shape index (κ3) is 0.988. The molecule has 60 valence electrons. The quantitative estimate of drug-likeness (QED) is 0.521. The van der Waals surface area contributed by atoms with Crippen molar-refractivity contribution in [2.75, 3.05) is 6.54 Å². The van der Waals surface area contributed by atoms with Gasteiger partial charge in [0.25, 0.3) is 0 Å². The molecule has 0 aromatic rings. The second-order valence-corrected chi connectivity index (χ2v) is 3.41. The van der Waals surface area contributed by atoms with Gasteiger partial charge in [-0.25, -0.2) is 0 Å². The molecule has 1 spiro atoms. The van der Waals surface area contributed by atoms with Gasteiger partial charge in [-0.1, -0.05) is 19.3 Å². The van der Waals surface area contributed by atoms with E-state index >= 15 is 0 Å². The summed E-state index contributed by atoms with van der Waals surface area (Å²) in [6.07, 6.45) is 5.42. The van der Waals surface area contributed by atoms with Crippen LogP contribution in [0.3, 0.4) is 0 Å². The van der Waals surface area contributed by atoms with E-state index in [1.807, 2.05) is 0 Å². The van der Waals surface area contributed by atoms with E-state index in [0.717, 1.165) is 25.7 Å². The maximum Gasteiger partial charge on any atom is 0.185 e. The van der Waals surface area contributed by atoms with Crippen molar-refractivity contribution in [3.8, 4) is 0 Å². The summed E-state index contributed by atoms with van der Waals surface area (Å²) in [4.78, 5) is 11.4. The van der Waals surface area contributed by atoms with Crippen molar-refractivity contribution in [2.24, 2.45) is 10.2 Å². The SMILES string of the molecule is O=C1CN=NC12CCCCC2.